The second-order valence-electron chi connectivity index (χ2n) is 1.86. The zero-order valence-corrected chi connectivity index (χ0v) is 5.77. The van der Waals surface area contributed by atoms with Crippen molar-refractivity contribution in [3.8, 4) is 0 Å². The second-order valence-corrected chi connectivity index (χ2v) is 2.65. The van der Waals surface area contributed by atoms with Crippen molar-refractivity contribution in [2.24, 2.45) is 10.2 Å². The maximum absolute atomic E-state index is 3.82. The molecule has 1 rings (SSSR count). The van der Waals surface area contributed by atoms with Crippen molar-refractivity contribution in [1.82, 2.24) is 0 Å². The van der Waals surface area contributed by atoms with Crippen LogP contribution in [0.3, 0.4) is 0 Å². The van der Waals surface area contributed by atoms with Gasteiger partial charge >= 0.3 is 0 Å². The second kappa shape index (κ2) is 1.54. The molecule has 0 N–H and O–H groups in total. The van der Waals surface area contributed by atoms with E-state index in [1.54, 1.807) is 0 Å². The normalized spacial score (nSPS) is 22.6. The molecular formula is C4H7BrN2. The van der Waals surface area contributed by atoms with Crippen LogP contribution in [0.2, 0.25) is 0 Å². The first kappa shape index (κ1) is 5.22. The van der Waals surface area contributed by atoms with Gasteiger partial charge in [0.05, 0.1) is 0 Å². The molecule has 40 valence electrons. The van der Waals surface area contributed by atoms with E-state index in [0.29, 0.717) is 0 Å². The van der Waals surface area contributed by atoms with Gasteiger partial charge in [-0.05, 0) is 6.92 Å². The molecule has 1 aliphatic rings. The van der Waals surface area contributed by atoms with Gasteiger partial charge in [0.25, 0.3) is 0 Å². The van der Waals surface area contributed by atoms with Crippen LogP contribution in [0.4, 0.5) is 0 Å². The fourth-order valence-corrected chi connectivity index (χ4v) is 1.12. The average Bonchev–Trinajstić information content (AvgIpc) is 2.22. The monoisotopic (exact) mass is 162 g/mol. The highest BCUT2D eigenvalue weighted by molar-refractivity contribution is 9.09. The molecule has 0 fully saturated rings. The molecule has 0 atom stereocenters. The molecule has 0 aromatic heterocycles. The molecule has 2 nitrogen and oxygen atoms in total. The molecule has 7 heavy (non-hydrogen) atoms. The maximum Gasteiger partial charge on any atom is 0.189 e. The molecule has 3 heteroatoms. The van der Waals surface area contributed by atoms with Crippen molar-refractivity contribution < 1.29 is 0 Å². The van der Waals surface area contributed by atoms with E-state index in [4.69, 9.17) is 0 Å². The lowest BCUT2D eigenvalue weighted by molar-refractivity contribution is 0.649. The Balaban J connectivity index is 2.16. The molecule has 0 aromatic carbocycles. The summed E-state index contributed by atoms with van der Waals surface area (Å²) in [5.74, 6) is 0. The van der Waals surface area contributed by atoms with Crippen LogP contribution in [0.15, 0.2) is 10.2 Å². The van der Waals surface area contributed by atoms with E-state index >= 15 is 0 Å². The first-order valence-electron chi connectivity index (χ1n) is 2.27. The van der Waals surface area contributed by atoms with Crippen molar-refractivity contribution >= 4 is 15.9 Å². The Kier molecular flexibility index (Phi) is 1.15. The largest absolute Gasteiger partial charge is 0.189 e. The van der Waals surface area contributed by atoms with Crippen LogP contribution in [0, 0.1) is 0 Å². The summed E-state index contributed by atoms with van der Waals surface area (Å²) in [5, 5.41) is 8.63. The van der Waals surface area contributed by atoms with Crippen LogP contribution >= 0.6 is 15.9 Å². The number of nitrogens with zero attached hydrogens (tertiary/aromatic N) is 2. The summed E-state index contributed by atoms with van der Waals surface area (Å²) in [7, 11) is 0. The summed E-state index contributed by atoms with van der Waals surface area (Å²) < 4.78 is 0. The van der Waals surface area contributed by atoms with Crippen LogP contribution in [0.25, 0.3) is 0 Å². The third kappa shape index (κ3) is 1.23. The topological polar surface area (TPSA) is 24.7 Å². The number of hydrogen-bond donors (Lipinski definition) is 0. The highest BCUT2D eigenvalue weighted by Gasteiger charge is 2.32. The first-order chi connectivity index (χ1) is 3.27. The van der Waals surface area contributed by atoms with E-state index in [1.165, 1.54) is 0 Å². The number of hydrogen-bond acceptors (Lipinski definition) is 2. The van der Waals surface area contributed by atoms with E-state index in [-0.39, 0.29) is 5.66 Å². The molecule has 0 aliphatic carbocycles. The van der Waals surface area contributed by atoms with Gasteiger partial charge in [-0.3, -0.25) is 0 Å². The maximum atomic E-state index is 3.82. The number of rotatable bonds is 2. The SMILES string of the molecule is CC1(CCBr)N=N1. The van der Waals surface area contributed by atoms with Gasteiger partial charge in [-0.15, -0.1) is 0 Å². The first-order valence-corrected chi connectivity index (χ1v) is 3.39. The molecular weight excluding hydrogens is 156 g/mol. The molecule has 1 heterocycles. The van der Waals surface area contributed by atoms with Crippen molar-refractivity contribution in [3.05, 3.63) is 0 Å². The van der Waals surface area contributed by atoms with E-state index in [9.17, 15) is 0 Å². The Hall–Kier alpha value is 0.0800. The van der Waals surface area contributed by atoms with E-state index in [0.717, 1.165) is 11.8 Å². The van der Waals surface area contributed by atoms with Gasteiger partial charge in [-0.1, -0.05) is 15.9 Å². The fraction of sp³-hybridized carbons (Fsp3) is 1.00. The third-order valence-electron chi connectivity index (χ3n) is 1.01. The van der Waals surface area contributed by atoms with Crippen molar-refractivity contribution in [2.75, 3.05) is 5.33 Å². The lowest BCUT2D eigenvalue weighted by Crippen LogP contribution is -2.02. The summed E-state index contributed by atoms with van der Waals surface area (Å²) in [6.45, 7) is 2.02. The molecule has 0 bridgehead atoms. The van der Waals surface area contributed by atoms with Gasteiger partial charge in [0, 0.05) is 11.8 Å². The molecule has 0 amide bonds. The Morgan fingerprint density at radius 2 is 2.14 bits per heavy atom. The summed E-state index contributed by atoms with van der Waals surface area (Å²) in [6, 6.07) is 0. The highest BCUT2D eigenvalue weighted by atomic mass is 79.9. The summed E-state index contributed by atoms with van der Waals surface area (Å²) in [6.07, 6.45) is 1.03. The summed E-state index contributed by atoms with van der Waals surface area (Å²) in [5.41, 5.74) is 0.00347. The Bertz CT molecular complexity index is 93.9. The predicted octanol–water partition coefficient (Wildman–Crippen LogP) is 1.95. The zero-order valence-electron chi connectivity index (χ0n) is 4.19. The lowest BCUT2D eigenvalue weighted by Gasteiger charge is -1.94. The third-order valence-corrected chi connectivity index (χ3v) is 1.41. The van der Waals surface area contributed by atoms with Crippen LogP contribution < -0.4 is 0 Å². The molecule has 0 saturated carbocycles. The van der Waals surface area contributed by atoms with Gasteiger partial charge in [0.15, 0.2) is 5.66 Å². The Morgan fingerprint density at radius 1 is 1.57 bits per heavy atom. The predicted molar refractivity (Wildman–Crippen MR) is 31.7 cm³/mol. The molecule has 0 aromatic rings. The van der Waals surface area contributed by atoms with Crippen LogP contribution in [-0.4, -0.2) is 11.0 Å². The smallest absolute Gasteiger partial charge is 0.159 e. The molecule has 0 radical (unpaired) electrons. The van der Waals surface area contributed by atoms with Gasteiger partial charge in [-0.25, -0.2) is 0 Å². The van der Waals surface area contributed by atoms with E-state index < -0.39 is 0 Å². The molecule has 1 aliphatic heterocycles. The summed E-state index contributed by atoms with van der Waals surface area (Å²) >= 11 is 3.31. The van der Waals surface area contributed by atoms with Crippen LogP contribution in [-0.2, 0) is 0 Å². The number of alkyl halides is 1. The van der Waals surface area contributed by atoms with Gasteiger partial charge in [0.2, 0.25) is 0 Å². The molecule has 0 saturated heterocycles. The molecule has 0 unspecified atom stereocenters. The van der Waals surface area contributed by atoms with Crippen LogP contribution in [0.1, 0.15) is 13.3 Å². The molecule has 0 spiro atoms. The quantitative estimate of drug-likeness (QED) is 0.556. The standard InChI is InChI=1S/C4H7BrN2/c1-4(2-3-5)6-7-4/h2-3H2,1H3. The summed E-state index contributed by atoms with van der Waals surface area (Å²) in [4.78, 5) is 0. The zero-order chi connectivity index (χ0) is 5.33. The lowest BCUT2D eigenvalue weighted by atomic mass is 10.2. The van der Waals surface area contributed by atoms with Gasteiger partial charge in [-0.2, -0.15) is 10.2 Å². The van der Waals surface area contributed by atoms with Gasteiger partial charge in [0.1, 0.15) is 0 Å². The van der Waals surface area contributed by atoms with Crippen molar-refractivity contribution in [2.45, 2.75) is 19.0 Å². The van der Waals surface area contributed by atoms with Crippen molar-refractivity contribution in [3.63, 3.8) is 0 Å². The highest BCUT2D eigenvalue weighted by Crippen LogP contribution is 2.30. The Labute approximate surface area is 51.1 Å². The minimum Gasteiger partial charge on any atom is -0.159 e. The van der Waals surface area contributed by atoms with Crippen molar-refractivity contribution in [1.29, 1.82) is 0 Å². The minimum absolute atomic E-state index is 0.00347. The fourth-order valence-electron chi connectivity index (χ4n) is 0.364. The average molecular weight is 163 g/mol. The number of halogens is 1. The van der Waals surface area contributed by atoms with Gasteiger partial charge < -0.3 is 0 Å². The van der Waals surface area contributed by atoms with E-state index in [1.807, 2.05) is 6.92 Å². The Morgan fingerprint density at radius 3 is 2.29 bits per heavy atom. The van der Waals surface area contributed by atoms with Crippen LogP contribution in [0.5, 0.6) is 0 Å². The minimum atomic E-state index is 0.00347. The van der Waals surface area contributed by atoms with E-state index in [2.05, 4.69) is 26.2 Å².